The van der Waals surface area contributed by atoms with Gasteiger partial charge in [-0.05, 0) is 269 Å². The van der Waals surface area contributed by atoms with Crippen molar-refractivity contribution >= 4 is 172 Å². The number of nitrogens with one attached hydrogen (secondary N) is 6. The smallest absolute Gasteiger partial charge is 0.334 e. The van der Waals surface area contributed by atoms with E-state index >= 15 is 0 Å². The number of hydrogen-bond donors (Lipinski definition) is 8. The van der Waals surface area contributed by atoms with Gasteiger partial charge in [0.15, 0.2) is 0 Å². The number of aliphatic carboxylic acids is 2. The lowest BCUT2D eigenvalue weighted by atomic mass is 9.64. The number of H-pyrrole nitrogens is 6. The van der Waals surface area contributed by atoms with Gasteiger partial charge in [0.1, 0.15) is 11.8 Å². The number of carboxylic acids is 2. The molecule has 0 amide bonds. The molecular weight excluding hydrogens is 1650 g/mol. The highest BCUT2D eigenvalue weighted by Gasteiger charge is 2.55. The molecule has 0 radical (unpaired) electrons. The number of carboxylic acid groups (broad SMARTS) is 2. The Kier molecular flexibility index (Phi) is 25.1. The topological polar surface area (TPSA) is 404 Å². The molecule has 8 aliphatic rings. The average molecular weight is 1750 g/mol. The number of carbonyl (C=O) groups excluding carboxylic acids is 6. The molecular formula is C102H98N12O16. The lowest BCUT2D eigenvalue weighted by molar-refractivity contribution is -0.149. The Bertz CT molecular complexity index is 7130. The summed E-state index contributed by atoms with van der Waals surface area (Å²) in [5.41, 5.74) is 27.7. The van der Waals surface area contributed by atoms with E-state index in [4.69, 9.17) is 48.4 Å². The zero-order chi connectivity index (χ0) is 92.6. The number of aromatic amines is 6. The van der Waals surface area contributed by atoms with Gasteiger partial charge in [-0.2, -0.15) is 0 Å². The van der Waals surface area contributed by atoms with E-state index in [0.717, 1.165) is 128 Å². The molecule has 0 spiro atoms. The third-order valence-electron chi connectivity index (χ3n) is 25.5. The first-order valence-electron chi connectivity index (χ1n) is 42.3. The summed E-state index contributed by atoms with van der Waals surface area (Å²) in [7, 11) is 7.78. The second-order valence-electron chi connectivity index (χ2n) is 32.9. The van der Waals surface area contributed by atoms with Gasteiger partial charge >= 0.3 is 47.8 Å². The number of rotatable bonds is 18. The lowest BCUT2D eigenvalue weighted by Gasteiger charge is -2.36. The fraction of sp³-hybridized carbons (Fsp3) is 0.255. The molecule has 130 heavy (non-hydrogen) atoms. The highest BCUT2D eigenvalue weighted by Crippen LogP contribution is 2.55. The second-order valence-corrected chi connectivity index (χ2v) is 32.9. The van der Waals surface area contributed by atoms with Gasteiger partial charge in [0.25, 0.3) is 0 Å². The summed E-state index contributed by atoms with van der Waals surface area (Å²) < 4.78 is 30.7. The number of aryl methyl sites for hydroxylation is 8. The zero-order valence-electron chi connectivity index (χ0n) is 74.5. The van der Waals surface area contributed by atoms with Gasteiger partial charge in [-0.15, -0.1) is 0 Å². The minimum absolute atomic E-state index is 0.0715. The third-order valence-corrected chi connectivity index (χ3v) is 25.5. The van der Waals surface area contributed by atoms with Crippen LogP contribution < -0.4 is 0 Å². The summed E-state index contributed by atoms with van der Waals surface area (Å²) in [6.45, 7) is 23.5. The largest absolute Gasteiger partial charge is 0.481 e. The van der Waals surface area contributed by atoms with Crippen molar-refractivity contribution in [3.63, 3.8) is 0 Å². The van der Waals surface area contributed by atoms with Gasteiger partial charge in [-0.25, -0.2) is 29.5 Å². The van der Waals surface area contributed by atoms with Crippen LogP contribution in [0.15, 0.2) is 158 Å². The molecule has 28 nitrogen and oxygen atoms in total. The number of ether oxygens (including phenoxy) is 6. The average Bonchev–Trinajstić information content (AvgIpc) is 1.55. The molecule has 0 aromatic carbocycles. The van der Waals surface area contributed by atoms with Crippen LogP contribution in [0.2, 0.25) is 0 Å². The fourth-order valence-electron chi connectivity index (χ4n) is 18.3. The highest BCUT2D eigenvalue weighted by atomic mass is 16.5. The number of aromatic nitrogens is 12. The summed E-state index contributed by atoms with van der Waals surface area (Å²) >= 11 is 0. The molecule has 28 heteroatoms. The molecule has 4 atom stereocenters. The number of methoxy groups -OCH3 is 6. The van der Waals surface area contributed by atoms with Crippen molar-refractivity contribution in [2.45, 2.75) is 118 Å². The molecule has 8 N–H and O–H groups in total. The molecule has 6 aliphatic heterocycles. The van der Waals surface area contributed by atoms with Crippen LogP contribution in [0.5, 0.6) is 0 Å². The van der Waals surface area contributed by atoms with E-state index in [-0.39, 0.29) is 61.6 Å². The summed E-state index contributed by atoms with van der Waals surface area (Å²) in [6.07, 6.45) is 19.6. The van der Waals surface area contributed by atoms with Crippen molar-refractivity contribution in [2.75, 3.05) is 42.7 Å². The first-order chi connectivity index (χ1) is 62.3. The van der Waals surface area contributed by atoms with E-state index in [1.54, 1.807) is 36.5 Å². The molecule has 0 unspecified atom stereocenters. The monoisotopic (exact) mass is 1750 g/mol. The Balaban J connectivity index is 0.000000159. The van der Waals surface area contributed by atoms with Gasteiger partial charge in [0.2, 0.25) is 0 Å². The standard InChI is InChI=1S/2C41H42N4O8.C20H14N4/c1-9-23-20(2)29-17-34-27-13-10-26(39(49)52-7)38(40(50)53-8)41(27,5)35(45-34)19-30-22(4)24(11-14-36(46)47)32(44-30)18-33-25(12-15-37(48)51-6)21(3)28(43-33)16-31(23)42-29;1-9-23-20(2)29-17-34-27-13-10-26(39(49)52-7)38(40(50)53-8)41(27,5)35(45-34)19-30-22(4)25(12-15-37(48)51-6)33(44-30)18-32-24(11-14-36(46)47)21(3)28(43-32)16-31(23)42-29;1-2-14-10-16-5-6-18(23-16)12-20-8-7-19(24-20)11-17-4-3-15(22-17)9-13(1)21-14/h2*9-10,13,16-19,38,43-44H,1,11-12,14-15H2,2-8H3,(H,46,47);1-12,21-22H/t2*38-,41+;/m00./s1. The Morgan fingerprint density at radius 3 is 1.02 bits per heavy atom. The van der Waals surface area contributed by atoms with Crippen LogP contribution in [0.25, 0.3) is 124 Å². The normalized spacial score (nSPS) is 16.8. The van der Waals surface area contributed by atoms with E-state index in [2.05, 4.69) is 83.4 Å². The maximum absolute atomic E-state index is 13.7. The summed E-state index contributed by atoms with van der Waals surface area (Å²) in [5.74, 6) is -7.34. The molecule has 9 aromatic rings. The number of allylic oxidation sites excluding steroid dienone is 12. The molecule has 662 valence electrons. The van der Waals surface area contributed by atoms with E-state index in [1.165, 1.54) is 42.7 Å². The van der Waals surface area contributed by atoms with Crippen molar-refractivity contribution in [1.29, 1.82) is 0 Å². The molecule has 0 saturated heterocycles. The van der Waals surface area contributed by atoms with Crippen LogP contribution in [0, 0.1) is 39.5 Å². The van der Waals surface area contributed by atoms with Gasteiger partial charge in [0, 0.05) is 103 Å². The zero-order valence-corrected chi connectivity index (χ0v) is 74.5. The summed E-state index contributed by atoms with van der Waals surface area (Å²) in [4.78, 5) is 152. The van der Waals surface area contributed by atoms with Crippen LogP contribution in [0.1, 0.15) is 166 Å². The van der Waals surface area contributed by atoms with E-state index in [9.17, 15) is 48.6 Å². The fourth-order valence-corrected chi connectivity index (χ4v) is 18.3. The van der Waals surface area contributed by atoms with Gasteiger partial charge in [-0.1, -0.05) is 49.6 Å². The van der Waals surface area contributed by atoms with E-state index < -0.39 is 58.5 Å². The summed E-state index contributed by atoms with van der Waals surface area (Å²) in [6, 6.07) is 31.6. The molecule has 15 heterocycles. The predicted molar refractivity (Wildman–Crippen MR) is 500 cm³/mol. The number of carbonyl (C=O) groups is 8. The van der Waals surface area contributed by atoms with Crippen LogP contribution >= 0.6 is 0 Å². The Morgan fingerprint density at radius 2 is 0.692 bits per heavy atom. The Morgan fingerprint density at radius 1 is 0.362 bits per heavy atom. The molecule has 24 bridgehead atoms. The molecule has 0 fully saturated rings. The van der Waals surface area contributed by atoms with Crippen molar-refractivity contribution in [3.8, 4) is 0 Å². The Labute approximate surface area is 747 Å². The van der Waals surface area contributed by atoms with Crippen molar-refractivity contribution in [1.82, 2.24) is 59.8 Å². The minimum atomic E-state index is -1.18. The molecule has 0 saturated carbocycles. The van der Waals surface area contributed by atoms with Crippen LogP contribution in [0.4, 0.5) is 0 Å². The van der Waals surface area contributed by atoms with Crippen LogP contribution in [-0.4, -0.2) is 160 Å². The number of esters is 6. The van der Waals surface area contributed by atoms with Crippen LogP contribution in [0.3, 0.4) is 0 Å². The molecule has 2 aliphatic carbocycles. The number of fused-ring (bicyclic) bond motifs is 30. The van der Waals surface area contributed by atoms with Crippen LogP contribution in [-0.2, 0) is 103 Å². The van der Waals surface area contributed by atoms with Crippen molar-refractivity contribution < 1.29 is 77.0 Å². The van der Waals surface area contributed by atoms with Gasteiger partial charge < -0.3 is 68.5 Å². The van der Waals surface area contributed by atoms with Gasteiger partial charge in [-0.3, -0.25) is 38.7 Å². The Hall–Kier alpha value is -15.5. The highest BCUT2D eigenvalue weighted by molar-refractivity contribution is 6.05. The lowest BCUT2D eigenvalue weighted by Crippen LogP contribution is -2.42. The van der Waals surface area contributed by atoms with E-state index in [1.807, 2.05) is 146 Å². The maximum atomic E-state index is 13.7. The maximum Gasteiger partial charge on any atom is 0.334 e. The number of nitrogens with zero attached hydrogens (tertiary/aromatic N) is 6. The summed E-state index contributed by atoms with van der Waals surface area (Å²) in [5, 5.41) is 19.3. The SMILES string of the molecule is C1=Cc2cc3ccc(cc4ccc(cc5nc(cc1n2)C=C5)[nH]4)[nH]3.C=CC1=C(C)c2cc3nc(cc4[nH]c(cc5[nH]c(cc1n2)c(C)c5CCC(=O)O)c(CCC(=O)OC)c4C)[C@@]1(C)C3=CC=C(C(=O)OC)[C@H]1C(=O)OC.C=CC1=C(C)c2cc3nc(cc4[nH]c(cc5[nH]c(cc1n2)c(C)c5CCC(=O)OC)c(CCC(=O)O)c4C)[C@@]1(C)C3=CC=C(C(=O)OC)[C@H]1C(=O)OC. The quantitative estimate of drug-likeness (QED) is 0.0292. The molecule has 9 aromatic heterocycles. The predicted octanol–water partition coefficient (Wildman–Crippen LogP) is 17.5. The van der Waals surface area contributed by atoms with Crippen molar-refractivity contribution in [2.24, 2.45) is 11.8 Å². The first-order valence-corrected chi connectivity index (χ1v) is 42.3. The molecule has 17 rings (SSSR count). The third kappa shape index (κ3) is 17.0. The van der Waals surface area contributed by atoms with E-state index in [0.29, 0.717) is 97.1 Å². The minimum Gasteiger partial charge on any atom is -0.481 e. The number of hydrogen-bond acceptors (Lipinski definition) is 20. The first kappa shape index (κ1) is 89.3. The second kappa shape index (κ2) is 36.5. The van der Waals surface area contributed by atoms with Gasteiger partial charge in [0.05, 0.1) is 133 Å². The van der Waals surface area contributed by atoms with Crippen molar-refractivity contribution in [3.05, 3.63) is 271 Å².